The lowest BCUT2D eigenvalue weighted by atomic mass is 9.88. The molecule has 2 N–H and O–H groups in total. The maximum Gasteiger partial charge on any atom is 0.341 e. The number of anilines is 1. The van der Waals surface area contributed by atoms with Gasteiger partial charge in [0.25, 0.3) is 11.8 Å². The standard InChI is InChI=1S/C29H30ClN3O5S/c1-4-37-29(36)25-22-14-9-17(2)15-24(22)39-28(25)32-27(35)19-10-12-21(13-11-19)38-18(3)26(34)33-31-16-20-7-5-6-8-23(20)30/h5-8,10-13,16-18H,4,9,14-15H2,1-3H3,(H,32,35)(H,33,34). The first-order valence-corrected chi connectivity index (χ1v) is 13.9. The third-order valence-electron chi connectivity index (χ3n) is 6.30. The van der Waals surface area contributed by atoms with Crippen molar-refractivity contribution in [3.8, 4) is 5.75 Å². The van der Waals surface area contributed by atoms with Gasteiger partial charge in [0.15, 0.2) is 6.10 Å². The Morgan fingerprint density at radius 3 is 2.64 bits per heavy atom. The number of thiophene rings is 1. The fourth-order valence-corrected chi connectivity index (χ4v) is 5.79. The third kappa shape index (κ3) is 7.04. The van der Waals surface area contributed by atoms with Crippen LogP contribution in [0.3, 0.4) is 0 Å². The molecule has 1 aromatic heterocycles. The van der Waals surface area contributed by atoms with Crippen LogP contribution in [0.2, 0.25) is 5.02 Å². The lowest BCUT2D eigenvalue weighted by Crippen LogP contribution is -2.33. The van der Waals surface area contributed by atoms with E-state index in [0.29, 0.717) is 38.4 Å². The number of carbonyl (C=O) groups is 3. The molecule has 0 radical (unpaired) electrons. The quantitative estimate of drug-likeness (QED) is 0.191. The van der Waals surface area contributed by atoms with Gasteiger partial charge in [-0.25, -0.2) is 10.2 Å². The van der Waals surface area contributed by atoms with Crippen LogP contribution in [0, 0.1) is 5.92 Å². The van der Waals surface area contributed by atoms with Crippen LogP contribution in [-0.4, -0.2) is 36.7 Å². The van der Waals surface area contributed by atoms with Crippen LogP contribution in [-0.2, 0) is 22.4 Å². The molecule has 1 aliphatic carbocycles. The highest BCUT2D eigenvalue weighted by atomic mass is 35.5. The third-order valence-corrected chi connectivity index (χ3v) is 7.81. The molecule has 0 spiro atoms. The highest BCUT2D eigenvalue weighted by Gasteiger charge is 2.29. The van der Waals surface area contributed by atoms with E-state index in [1.165, 1.54) is 17.6 Å². The number of ether oxygens (including phenoxy) is 2. The molecule has 0 saturated carbocycles. The molecule has 8 nitrogen and oxygen atoms in total. The number of esters is 1. The Hall–Kier alpha value is -3.69. The first kappa shape index (κ1) is 28.3. The summed E-state index contributed by atoms with van der Waals surface area (Å²) in [7, 11) is 0. The van der Waals surface area contributed by atoms with Crippen LogP contribution in [0.4, 0.5) is 5.00 Å². The number of nitrogens with one attached hydrogen (secondary N) is 2. The topological polar surface area (TPSA) is 106 Å². The summed E-state index contributed by atoms with van der Waals surface area (Å²) in [4.78, 5) is 39.2. The van der Waals surface area contributed by atoms with Crippen molar-refractivity contribution in [1.82, 2.24) is 5.43 Å². The van der Waals surface area contributed by atoms with E-state index in [9.17, 15) is 14.4 Å². The van der Waals surface area contributed by atoms with Crippen molar-refractivity contribution in [3.63, 3.8) is 0 Å². The normalized spacial score (nSPS) is 15.3. The number of fused-ring (bicyclic) bond motifs is 1. The van der Waals surface area contributed by atoms with Gasteiger partial charge in [-0.05, 0) is 74.9 Å². The average molecular weight is 568 g/mol. The predicted octanol–water partition coefficient (Wildman–Crippen LogP) is 5.87. The summed E-state index contributed by atoms with van der Waals surface area (Å²) in [5.41, 5.74) is 4.94. The zero-order chi connectivity index (χ0) is 27.9. The number of nitrogens with zero attached hydrogens (tertiary/aromatic N) is 1. The molecule has 0 saturated heterocycles. The van der Waals surface area contributed by atoms with Gasteiger partial charge < -0.3 is 14.8 Å². The molecule has 10 heteroatoms. The Balaban J connectivity index is 1.38. The minimum absolute atomic E-state index is 0.263. The summed E-state index contributed by atoms with van der Waals surface area (Å²) < 4.78 is 11.0. The van der Waals surface area contributed by atoms with Crippen molar-refractivity contribution >= 4 is 51.9 Å². The largest absolute Gasteiger partial charge is 0.481 e. The number of hydrogen-bond acceptors (Lipinski definition) is 7. The van der Waals surface area contributed by atoms with E-state index >= 15 is 0 Å². The average Bonchev–Trinajstić information content (AvgIpc) is 3.26. The van der Waals surface area contributed by atoms with Gasteiger partial charge in [0, 0.05) is 21.0 Å². The van der Waals surface area contributed by atoms with E-state index in [0.717, 1.165) is 29.7 Å². The second-order valence-corrected chi connectivity index (χ2v) is 10.8. The van der Waals surface area contributed by atoms with Gasteiger partial charge in [-0.15, -0.1) is 11.3 Å². The van der Waals surface area contributed by atoms with Gasteiger partial charge in [-0.1, -0.05) is 36.7 Å². The van der Waals surface area contributed by atoms with Crippen molar-refractivity contribution < 1.29 is 23.9 Å². The lowest BCUT2D eigenvalue weighted by Gasteiger charge is -2.18. The number of hydrazone groups is 1. The molecule has 0 fully saturated rings. The Morgan fingerprint density at radius 2 is 1.92 bits per heavy atom. The van der Waals surface area contributed by atoms with E-state index in [-0.39, 0.29) is 12.5 Å². The molecule has 1 aliphatic rings. The van der Waals surface area contributed by atoms with Crippen molar-refractivity contribution in [2.75, 3.05) is 11.9 Å². The zero-order valence-corrected chi connectivity index (χ0v) is 23.5. The Kier molecular flexibility index (Phi) is 9.37. The first-order chi connectivity index (χ1) is 18.8. The van der Waals surface area contributed by atoms with E-state index in [2.05, 4.69) is 22.8 Å². The Bertz CT molecular complexity index is 1390. The first-order valence-electron chi connectivity index (χ1n) is 12.7. The minimum atomic E-state index is -0.833. The summed E-state index contributed by atoms with van der Waals surface area (Å²) in [5.74, 6) is -0.258. The fourth-order valence-electron chi connectivity index (χ4n) is 4.21. The van der Waals surface area contributed by atoms with Crippen LogP contribution in [0.25, 0.3) is 0 Å². The Morgan fingerprint density at radius 1 is 1.18 bits per heavy atom. The van der Waals surface area contributed by atoms with E-state index in [4.69, 9.17) is 21.1 Å². The molecule has 2 unspecified atom stereocenters. The van der Waals surface area contributed by atoms with Gasteiger partial charge in [-0.2, -0.15) is 5.10 Å². The van der Waals surface area contributed by atoms with Crippen LogP contribution >= 0.6 is 22.9 Å². The van der Waals surface area contributed by atoms with Gasteiger partial charge in [0.1, 0.15) is 10.8 Å². The summed E-state index contributed by atoms with van der Waals surface area (Å²) in [6.07, 6.45) is 3.29. The number of carbonyl (C=O) groups excluding carboxylic acids is 3. The maximum absolute atomic E-state index is 13.0. The van der Waals surface area contributed by atoms with Crippen molar-refractivity contribution in [2.24, 2.45) is 11.0 Å². The number of amides is 2. The highest BCUT2D eigenvalue weighted by Crippen LogP contribution is 2.40. The molecule has 2 atom stereocenters. The second kappa shape index (κ2) is 12.9. The van der Waals surface area contributed by atoms with Gasteiger partial charge >= 0.3 is 5.97 Å². The van der Waals surface area contributed by atoms with Crippen LogP contribution in [0.1, 0.15) is 63.9 Å². The van der Waals surface area contributed by atoms with Gasteiger partial charge in [0.05, 0.1) is 18.4 Å². The van der Waals surface area contributed by atoms with E-state index in [1.807, 2.05) is 6.07 Å². The number of hydrogen-bond donors (Lipinski definition) is 2. The monoisotopic (exact) mass is 567 g/mol. The molecule has 0 bridgehead atoms. The maximum atomic E-state index is 13.0. The molecular formula is C29H30ClN3O5S. The molecule has 2 amide bonds. The number of rotatable bonds is 9. The molecule has 204 valence electrons. The Labute approximate surface area is 236 Å². The van der Waals surface area contributed by atoms with Crippen molar-refractivity contribution in [2.45, 2.75) is 46.1 Å². The zero-order valence-electron chi connectivity index (χ0n) is 22.0. The van der Waals surface area contributed by atoms with Crippen LogP contribution < -0.4 is 15.5 Å². The molecule has 0 aliphatic heterocycles. The second-order valence-electron chi connectivity index (χ2n) is 9.27. The predicted molar refractivity (Wildman–Crippen MR) is 153 cm³/mol. The minimum Gasteiger partial charge on any atom is -0.481 e. The van der Waals surface area contributed by atoms with Crippen molar-refractivity contribution in [3.05, 3.63) is 80.7 Å². The molecule has 3 aromatic rings. The highest BCUT2D eigenvalue weighted by molar-refractivity contribution is 7.17. The molecule has 39 heavy (non-hydrogen) atoms. The number of benzene rings is 2. The molecule has 2 aromatic carbocycles. The smallest absolute Gasteiger partial charge is 0.341 e. The molecule has 4 rings (SSSR count). The molecular weight excluding hydrogens is 538 g/mol. The summed E-state index contributed by atoms with van der Waals surface area (Å²) >= 11 is 7.52. The van der Waals surface area contributed by atoms with Gasteiger partial charge in [0.2, 0.25) is 0 Å². The van der Waals surface area contributed by atoms with E-state index in [1.54, 1.807) is 56.3 Å². The van der Waals surface area contributed by atoms with Crippen molar-refractivity contribution in [1.29, 1.82) is 0 Å². The lowest BCUT2D eigenvalue weighted by molar-refractivity contribution is -0.127. The summed E-state index contributed by atoms with van der Waals surface area (Å²) in [6, 6.07) is 13.6. The van der Waals surface area contributed by atoms with Gasteiger partial charge in [-0.3, -0.25) is 9.59 Å². The summed E-state index contributed by atoms with van der Waals surface area (Å²) in [5, 5.41) is 7.87. The van der Waals surface area contributed by atoms with E-state index < -0.39 is 18.0 Å². The van der Waals surface area contributed by atoms with Crippen LogP contribution in [0.15, 0.2) is 53.6 Å². The van der Waals surface area contributed by atoms with Crippen LogP contribution in [0.5, 0.6) is 5.75 Å². The fraction of sp³-hybridized carbons (Fsp3) is 0.310. The SMILES string of the molecule is CCOC(=O)c1c(NC(=O)c2ccc(OC(C)C(=O)NN=Cc3ccccc3Cl)cc2)sc2c1CCC(C)C2. The summed E-state index contributed by atoms with van der Waals surface area (Å²) in [6.45, 7) is 5.81. The molecule has 1 heterocycles. The number of halogens is 1.